The van der Waals surface area contributed by atoms with Crippen LogP contribution in [0.25, 0.3) is 0 Å². The van der Waals surface area contributed by atoms with Crippen LogP contribution in [-0.4, -0.2) is 26.6 Å². The average Bonchev–Trinajstić information content (AvgIpc) is 2.39. The molecule has 0 fully saturated rings. The highest BCUT2D eigenvalue weighted by molar-refractivity contribution is 7.85. The molecule has 1 aromatic rings. The van der Waals surface area contributed by atoms with Gasteiger partial charge in [0.2, 0.25) is 0 Å². The van der Waals surface area contributed by atoms with E-state index in [1.54, 1.807) is 12.1 Å². The van der Waals surface area contributed by atoms with E-state index >= 15 is 0 Å². The van der Waals surface area contributed by atoms with Gasteiger partial charge < -0.3 is 5.32 Å². The quantitative estimate of drug-likeness (QED) is 0.481. The monoisotopic (exact) mass is 299 g/mol. The third-order valence-corrected chi connectivity index (χ3v) is 3.47. The molecule has 4 nitrogen and oxygen atoms in total. The largest absolute Gasteiger partial charge is 0.320 e. The molecule has 0 aliphatic heterocycles. The van der Waals surface area contributed by atoms with Crippen molar-refractivity contribution in [3.63, 3.8) is 0 Å². The Balaban J connectivity index is 0.000000370. The summed E-state index contributed by atoms with van der Waals surface area (Å²) in [4.78, 5) is -0.0666. The van der Waals surface area contributed by atoms with Gasteiger partial charge in [-0.3, -0.25) is 4.55 Å². The minimum Gasteiger partial charge on any atom is -0.320 e. The SMILES string of the molecule is CC=CCCCCNC.Cc1ccc(S(=O)(=O)O)cc1. The van der Waals surface area contributed by atoms with Crippen LogP contribution < -0.4 is 5.32 Å². The molecule has 0 aliphatic carbocycles. The van der Waals surface area contributed by atoms with Crippen molar-refractivity contribution >= 4 is 10.1 Å². The van der Waals surface area contributed by atoms with Crippen molar-refractivity contribution in [3.05, 3.63) is 42.0 Å². The van der Waals surface area contributed by atoms with Gasteiger partial charge in [0.25, 0.3) is 10.1 Å². The fourth-order valence-corrected chi connectivity index (χ4v) is 1.92. The molecule has 5 heteroatoms. The molecule has 20 heavy (non-hydrogen) atoms. The molecular weight excluding hydrogens is 274 g/mol. The van der Waals surface area contributed by atoms with Crippen LogP contribution in [0.15, 0.2) is 41.3 Å². The third-order valence-electron chi connectivity index (χ3n) is 2.60. The number of rotatable bonds is 6. The van der Waals surface area contributed by atoms with Crippen LogP contribution in [0.1, 0.15) is 31.7 Å². The molecule has 0 aromatic heterocycles. The van der Waals surface area contributed by atoms with Gasteiger partial charge in [0.1, 0.15) is 0 Å². The van der Waals surface area contributed by atoms with Gasteiger partial charge in [-0.1, -0.05) is 29.8 Å². The first-order valence-electron chi connectivity index (χ1n) is 6.71. The summed E-state index contributed by atoms with van der Waals surface area (Å²) < 4.78 is 29.6. The second kappa shape index (κ2) is 10.6. The Hall–Kier alpha value is -1.17. The molecule has 0 radical (unpaired) electrons. The van der Waals surface area contributed by atoms with E-state index in [9.17, 15) is 8.42 Å². The highest BCUT2D eigenvalue weighted by atomic mass is 32.2. The maximum absolute atomic E-state index is 10.5. The van der Waals surface area contributed by atoms with E-state index in [0.717, 1.165) is 12.1 Å². The molecule has 0 spiro atoms. The van der Waals surface area contributed by atoms with Crippen molar-refractivity contribution in [3.8, 4) is 0 Å². The van der Waals surface area contributed by atoms with Crippen molar-refractivity contribution in [2.45, 2.75) is 38.0 Å². The number of benzene rings is 1. The molecule has 1 rings (SSSR count). The second-order valence-electron chi connectivity index (χ2n) is 4.46. The Labute approximate surface area is 122 Å². The van der Waals surface area contributed by atoms with Crippen LogP contribution >= 0.6 is 0 Å². The van der Waals surface area contributed by atoms with Crippen molar-refractivity contribution in [1.82, 2.24) is 5.32 Å². The number of allylic oxidation sites excluding steroid dienone is 2. The molecule has 0 unspecified atom stereocenters. The molecule has 0 atom stereocenters. The Bertz CT molecular complexity index is 478. The van der Waals surface area contributed by atoms with E-state index in [4.69, 9.17) is 4.55 Å². The number of nitrogens with one attached hydrogen (secondary N) is 1. The first kappa shape index (κ1) is 18.8. The predicted octanol–water partition coefficient (Wildman–Crippen LogP) is 3.19. The zero-order chi connectivity index (χ0) is 15.4. The summed E-state index contributed by atoms with van der Waals surface area (Å²) in [6.07, 6.45) is 8.17. The lowest BCUT2D eigenvalue weighted by atomic mass is 10.2. The van der Waals surface area contributed by atoms with Crippen LogP contribution in [0.4, 0.5) is 0 Å². The van der Waals surface area contributed by atoms with Gasteiger partial charge >= 0.3 is 0 Å². The van der Waals surface area contributed by atoms with Gasteiger partial charge in [-0.15, -0.1) is 0 Å². The van der Waals surface area contributed by atoms with Crippen molar-refractivity contribution < 1.29 is 13.0 Å². The van der Waals surface area contributed by atoms with E-state index in [1.807, 2.05) is 14.0 Å². The normalized spacial score (nSPS) is 11.2. The topological polar surface area (TPSA) is 66.4 Å². The summed E-state index contributed by atoms with van der Waals surface area (Å²) in [7, 11) is -2.02. The van der Waals surface area contributed by atoms with Gasteiger partial charge in [0, 0.05) is 0 Å². The lowest BCUT2D eigenvalue weighted by Crippen LogP contribution is -2.06. The first-order chi connectivity index (χ1) is 9.41. The molecule has 0 bridgehead atoms. The average molecular weight is 299 g/mol. The molecule has 114 valence electrons. The molecule has 0 heterocycles. The van der Waals surface area contributed by atoms with Crippen LogP contribution in [-0.2, 0) is 10.1 Å². The number of aryl methyl sites for hydroxylation is 1. The predicted molar refractivity (Wildman–Crippen MR) is 83.6 cm³/mol. The zero-order valence-electron chi connectivity index (χ0n) is 12.5. The summed E-state index contributed by atoms with van der Waals surface area (Å²) in [6, 6.07) is 5.99. The van der Waals surface area contributed by atoms with Gasteiger partial charge in [-0.25, -0.2) is 0 Å². The minimum absolute atomic E-state index is 0.0666. The molecule has 0 saturated heterocycles. The standard InChI is InChI=1S/C8H17N.C7H8O3S/c1-3-4-5-6-7-8-9-2;1-6-2-4-7(5-3-6)11(8,9)10/h3-4,9H,5-8H2,1-2H3;2-5H,1H3,(H,8,9,10). The number of hydrogen-bond acceptors (Lipinski definition) is 3. The van der Waals surface area contributed by atoms with E-state index < -0.39 is 10.1 Å². The van der Waals surface area contributed by atoms with Crippen LogP contribution in [0.3, 0.4) is 0 Å². The summed E-state index contributed by atoms with van der Waals surface area (Å²) in [5.41, 5.74) is 0.956. The Morgan fingerprint density at radius 2 is 1.80 bits per heavy atom. The van der Waals surface area contributed by atoms with E-state index in [2.05, 4.69) is 24.4 Å². The highest BCUT2D eigenvalue weighted by Gasteiger charge is 2.06. The van der Waals surface area contributed by atoms with Crippen LogP contribution in [0.2, 0.25) is 0 Å². The zero-order valence-corrected chi connectivity index (χ0v) is 13.3. The van der Waals surface area contributed by atoms with Crippen molar-refractivity contribution in [2.75, 3.05) is 13.6 Å². The summed E-state index contributed by atoms with van der Waals surface area (Å²) in [6.45, 7) is 5.06. The minimum atomic E-state index is -4.02. The van der Waals surface area contributed by atoms with Crippen LogP contribution in [0, 0.1) is 6.92 Å². The van der Waals surface area contributed by atoms with Gasteiger partial charge in [-0.2, -0.15) is 8.42 Å². The van der Waals surface area contributed by atoms with Gasteiger partial charge in [0.15, 0.2) is 0 Å². The molecule has 0 saturated carbocycles. The van der Waals surface area contributed by atoms with Gasteiger partial charge in [-0.05, 0) is 58.8 Å². The smallest absolute Gasteiger partial charge is 0.294 e. The van der Waals surface area contributed by atoms with E-state index in [-0.39, 0.29) is 4.90 Å². The highest BCUT2D eigenvalue weighted by Crippen LogP contribution is 2.08. The van der Waals surface area contributed by atoms with E-state index in [1.165, 1.54) is 31.4 Å². The Morgan fingerprint density at radius 1 is 1.20 bits per heavy atom. The molecule has 2 N–H and O–H groups in total. The summed E-state index contributed by atoms with van der Waals surface area (Å²) in [5, 5.41) is 3.12. The fourth-order valence-electron chi connectivity index (χ4n) is 1.44. The number of unbranched alkanes of at least 4 members (excludes halogenated alkanes) is 2. The third kappa shape index (κ3) is 9.72. The maximum atomic E-state index is 10.5. The number of hydrogen-bond donors (Lipinski definition) is 2. The molecule has 0 amide bonds. The lowest BCUT2D eigenvalue weighted by molar-refractivity contribution is 0.483. The molecule has 0 aliphatic rings. The second-order valence-corrected chi connectivity index (χ2v) is 5.88. The molecule has 1 aromatic carbocycles. The first-order valence-corrected chi connectivity index (χ1v) is 8.15. The maximum Gasteiger partial charge on any atom is 0.294 e. The van der Waals surface area contributed by atoms with Crippen molar-refractivity contribution in [1.29, 1.82) is 0 Å². The van der Waals surface area contributed by atoms with Crippen molar-refractivity contribution in [2.24, 2.45) is 0 Å². The molecular formula is C15H25NO3S. The van der Waals surface area contributed by atoms with Crippen LogP contribution in [0.5, 0.6) is 0 Å². The van der Waals surface area contributed by atoms with E-state index in [0.29, 0.717) is 0 Å². The summed E-state index contributed by atoms with van der Waals surface area (Å²) in [5.74, 6) is 0. The fraction of sp³-hybridized carbons (Fsp3) is 0.467. The lowest BCUT2D eigenvalue weighted by Gasteiger charge is -1.95. The van der Waals surface area contributed by atoms with Gasteiger partial charge in [0.05, 0.1) is 4.90 Å². The Kier molecular flexibility index (Phi) is 9.98. The summed E-state index contributed by atoms with van der Waals surface area (Å²) >= 11 is 0. The Morgan fingerprint density at radius 3 is 2.25 bits per heavy atom.